The smallest absolute Gasteiger partial charge is 0.0964 e. The molecule has 3 rings (SSSR count). The van der Waals surface area contributed by atoms with Gasteiger partial charge in [-0.05, 0) is 5.56 Å². The van der Waals surface area contributed by atoms with Gasteiger partial charge >= 0.3 is 0 Å². The summed E-state index contributed by atoms with van der Waals surface area (Å²) < 4.78 is 0. The molecule has 1 nitrogen and oxygen atoms in total. The average molecular weight is 279 g/mol. The molecule has 1 aromatic heterocycles. The van der Waals surface area contributed by atoms with Crippen molar-refractivity contribution in [3.63, 3.8) is 0 Å². The lowest BCUT2D eigenvalue weighted by Gasteiger charge is -2.02. The summed E-state index contributed by atoms with van der Waals surface area (Å²) in [6, 6.07) is 21.0. The van der Waals surface area contributed by atoms with Crippen molar-refractivity contribution in [2.24, 2.45) is 0 Å². The van der Waals surface area contributed by atoms with Gasteiger partial charge in [-0.1, -0.05) is 74.5 Å². The summed E-state index contributed by atoms with van der Waals surface area (Å²) in [5, 5.41) is 1.20. The van der Waals surface area contributed by atoms with Crippen molar-refractivity contribution in [3.8, 4) is 21.7 Å². The normalized spacial score (nSPS) is 10.9. The molecule has 0 bridgehead atoms. The highest BCUT2D eigenvalue weighted by Crippen LogP contribution is 2.38. The Kier molecular flexibility index (Phi) is 3.66. The Labute approximate surface area is 124 Å². The largest absolute Gasteiger partial charge is 0.240 e. The molecule has 0 saturated heterocycles. The predicted octanol–water partition coefficient (Wildman–Crippen LogP) is 5.60. The molecule has 0 radical (unpaired) electrons. The van der Waals surface area contributed by atoms with Crippen molar-refractivity contribution in [2.75, 3.05) is 0 Å². The van der Waals surface area contributed by atoms with Gasteiger partial charge in [0.1, 0.15) is 0 Å². The first-order valence-electron chi connectivity index (χ1n) is 6.87. The first-order chi connectivity index (χ1) is 9.75. The van der Waals surface area contributed by atoms with Gasteiger partial charge in [-0.2, -0.15) is 0 Å². The first-order valence-corrected chi connectivity index (χ1v) is 7.69. The number of aromatic nitrogens is 1. The number of nitrogens with zero attached hydrogens (tertiary/aromatic N) is 1. The topological polar surface area (TPSA) is 12.9 Å². The molecule has 0 aliphatic rings. The van der Waals surface area contributed by atoms with Crippen LogP contribution in [-0.2, 0) is 0 Å². The van der Waals surface area contributed by atoms with Crippen molar-refractivity contribution in [2.45, 2.75) is 19.8 Å². The van der Waals surface area contributed by atoms with E-state index in [9.17, 15) is 0 Å². The number of benzene rings is 2. The van der Waals surface area contributed by atoms with E-state index < -0.39 is 0 Å². The second-order valence-electron chi connectivity index (χ2n) is 5.12. The summed E-state index contributed by atoms with van der Waals surface area (Å²) >= 11 is 1.80. The van der Waals surface area contributed by atoms with Crippen LogP contribution in [0.1, 0.15) is 24.8 Å². The van der Waals surface area contributed by atoms with Crippen LogP contribution in [0.15, 0.2) is 60.7 Å². The zero-order valence-electron chi connectivity index (χ0n) is 11.7. The first kappa shape index (κ1) is 13.1. The second kappa shape index (κ2) is 5.59. The van der Waals surface area contributed by atoms with Gasteiger partial charge in [0.15, 0.2) is 0 Å². The zero-order chi connectivity index (χ0) is 13.9. The van der Waals surface area contributed by atoms with Gasteiger partial charge < -0.3 is 0 Å². The van der Waals surface area contributed by atoms with Crippen LogP contribution >= 0.6 is 11.3 Å². The third-order valence-electron chi connectivity index (χ3n) is 3.22. The lowest BCUT2D eigenvalue weighted by Crippen LogP contribution is -1.86. The van der Waals surface area contributed by atoms with Crippen molar-refractivity contribution in [1.82, 2.24) is 4.98 Å². The fraction of sp³-hybridized carbons (Fsp3) is 0.167. The van der Waals surface area contributed by atoms with Crippen molar-refractivity contribution < 1.29 is 0 Å². The van der Waals surface area contributed by atoms with Crippen LogP contribution in [0.4, 0.5) is 0 Å². The van der Waals surface area contributed by atoms with E-state index in [2.05, 4.69) is 68.4 Å². The van der Waals surface area contributed by atoms with Gasteiger partial charge in [0.2, 0.25) is 0 Å². The molecule has 100 valence electrons. The fourth-order valence-corrected chi connectivity index (χ4v) is 3.26. The third kappa shape index (κ3) is 2.52. The fourth-order valence-electron chi connectivity index (χ4n) is 2.16. The molecule has 0 aliphatic heterocycles. The van der Waals surface area contributed by atoms with E-state index in [0.717, 1.165) is 5.69 Å². The minimum atomic E-state index is 0.458. The number of rotatable bonds is 3. The monoisotopic (exact) mass is 279 g/mol. The molecule has 2 aromatic carbocycles. The molecule has 0 amide bonds. The van der Waals surface area contributed by atoms with E-state index in [-0.39, 0.29) is 0 Å². The van der Waals surface area contributed by atoms with E-state index in [1.807, 2.05) is 6.07 Å². The molecule has 0 fully saturated rings. The van der Waals surface area contributed by atoms with E-state index in [1.165, 1.54) is 21.0 Å². The highest BCUT2D eigenvalue weighted by Gasteiger charge is 2.16. The van der Waals surface area contributed by atoms with Gasteiger partial charge in [-0.25, -0.2) is 4.98 Å². The summed E-state index contributed by atoms with van der Waals surface area (Å²) in [5.41, 5.74) is 3.54. The SMILES string of the molecule is CC(C)c1nc(-c2ccccc2)c(-c2ccccc2)s1. The standard InChI is InChI=1S/C18H17NS/c1-13(2)18-19-16(14-9-5-3-6-10-14)17(20-18)15-11-7-4-8-12-15/h3-13H,1-2H3. The predicted molar refractivity (Wildman–Crippen MR) is 87.1 cm³/mol. The third-order valence-corrected chi connectivity index (χ3v) is 4.63. The van der Waals surface area contributed by atoms with Crippen LogP contribution in [0.25, 0.3) is 21.7 Å². The Bertz CT molecular complexity index is 627. The Balaban J connectivity index is 2.18. The maximum Gasteiger partial charge on any atom is 0.0964 e. The van der Waals surface area contributed by atoms with Crippen LogP contribution in [0.3, 0.4) is 0 Å². The van der Waals surface area contributed by atoms with E-state index in [1.54, 1.807) is 11.3 Å². The molecule has 1 heterocycles. The minimum absolute atomic E-state index is 0.458. The van der Waals surface area contributed by atoms with E-state index in [0.29, 0.717) is 5.92 Å². The van der Waals surface area contributed by atoms with Gasteiger partial charge in [0, 0.05) is 11.5 Å². The van der Waals surface area contributed by atoms with Crippen LogP contribution in [0, 0.1) is 0 Å². The summed E-state index contributed by atoms with van der Waals surface area (Å²) in [4.78, 5) is 6.14. The van der Waals surface area contributed by atoms with Crippen molar-refractivity contribution >= 4 is 11.3 Å². The van der Waals surface area contributed by atoms with Gasteiger partial charge in [-0.15, -0.1) is 11.3 Å². The molecule has 20 heavy (non-hydrogen) atoms. The van der Waals surface area contributed by atoms with Gasteiger partial charge in [0.05, 0.1) is 15.6 Å². The van der Waals surface area contributed by atoms with E-state index in [4.69, 9.17) is 4.98 Å². The highest BCUT2D eigenvalue weighted by molar-refractivity contribution is 7.15. The Morgan fingerprint density at radius 1 is 0.800 bits per heavy atom. The molecule has 0 spiro atoms. The highest BCUT2D eigenvalue weighted by atomic mass is 32.1. The van der Waals surface area contributed by atoms with Crippen LogP contribution in [0.5, 0.6) is 0 Å². The molecular formula is C18H17NS. The molecule has 0 saturated carbocycles. The maximum absolute atomic E-state index is 4.87. The summed E-state index contributed by atoms with van der Waals surface area (Å²) in [5.74, 6) is 0.458. The Morgan fingerprint density at radius 2 is 1.35 bits per heavy atom. The van der Waals surface area contributed by atoms with E-state index >= 15 is 0 Å². The molecule has 3 aromatic rings. The molecule has 0 unspecified atom stereocenters. The molecule has 0 N–H and O–H groups in total. The zero-order valence-corrected chi connectivity index (χ0v) is 12.5. The second-order valence-corrected chi connectivity index (χ2v) is 6.15. The number of hydrogen-bond donors (Lipinski definition) is 0. The Hall–Kier alpha value is -1.93. The Morgan fingerprint density at radius 3 is 1.90 bits per heavy atom. The summed E-state index contributed by atoms with van der Waals surface area (Å²) in [7, 11) is 0. The molecular weight excluding hydrogens is 262 g/mol. The maximum atomic E-state index is 4.87. The molecule has 0 aliphatic carbocycles. The lowest BCUT2D eigenvalue weighted by molar-refractivity contribution is 0.854. The quantitative estimate of drug-likeness (QED) is 0.608. The van der Waals surface area contributed by atoms with Crippen molar-refractivity contribution in [3.05, 3.63) is 65.7 Å². The lowest BCUT2D eigenvalue weighted by atomic mass is 10.1. The summed E-state index contributed by atoms with van der Waals surface area (Å²) in [6.07, 6.45) is 0. The van der Waals surface area contributed by atoms with Crippen LogP contribution < -0.4 is 0 Å². The molecule has 2 heteroatoms. The van der Waals surface area contributed by atoms with Gasteiger partial charge in [-0.3, -0.25) is 0 Å². The number of hydrogen-bond acceptors (Lipinski definition) is 2. The average Bonchev–Trinajstić information content (AvgIpc) is 2.94. The minimum Gasteiger partial charge on any atom is -0.240 e. The van der Waals surface area contributed by atoms with Crippen molar-refractivity contribution in [1.29, 1.82) is 0 Å². The molecule has 0 atom stereocenters. The summed E-state index contributed by atoms with van der Waals surface area (Å²) in [6.45, 7) is 4.39. The van der Waals surface area contributed by atoms with Gasteiger partial charge in [0.25, 0.3) is 0 Å². The van der Waals surface area contributed by atoms with Crippen LogP contribution in [-0.4, -0.2) is 4.98 Å². The van der Waals surface area contributed by atoms with Crippen LogP contribution in [0.2, 0.25) is 0 Å². The number of thiazole rings is 1.